The Bertz CT molecular complexity index is 868. The number of rotatable bonds is 5. The van der Waals surface area contributed by atoms with E-state index in [1.54, 1.807) is 20.2 Å². The van der Waals surface area contributed by atoms with Crippen LogP contribution >= 0.6 is 24.0 Å². The van der Waals surface area contributed by atoms with Crippen LogP contribution in [-0.2, 0) is 6.42 Å². The first-order chi connectivity index (χ1) is 14.1. The fraction of sp³-hybridized carbons (Fsp3) is 0.364. The van der Waals surface area contributed by atoms with E-state index in [-0.39, 0.29) is 35.7 Å². The zero-order chi connectivity index (χ0) is 20.6. The number of carbonyl (C=O) groups is 1. The fourth-order valence-electron chi connectivity index (χ4n) is 3.53. The van der Waals surface area contributed by atoms with Gasteiger partial charge >= 0.3 is 0 Å². The van der Waals surface area contributed by atoms with E-state index in [0.29, 0.717) is 11.3 Å². The second-order valence-corrected chi connectivity index (χ2v) is 6.93. The highest BCUT2D eigenvalue weighted by molar-refractivity contribution is 14.0. The largest absolute Gasteiger partial charge is 0.366 e. The molecule has 30 heavy (non-hydrogen) atoms. The smallest absolute Gasteiger partial charge is 0.251 e. The van der Waals surface area contributed by atoms with Crippen LogP contribution in [0.15, 0.2) is 53.5 Å². The van der Waals surface area contributed by atoms with Crippen LogP contribution in [-0.4, -0.2) is 63.6 Å². The molecule has 0 unspecified atom stereocenters. The molecule has 0 atom stereocenters. The normalized spacial score (nSPS) is 14.2. The maximum Gasteiger partial charge on any atom is 0.251 e. The van der Waals surface area contributed by atoms with E-state index in [0.717, 1.165) is 50.7 Å². The summed E-state index contributed by atoms with van der Waals surface area (Å²) in [7, 11) is 3.41. The summed E-state index contributed by atoms with van der Waals surface area (Å²) >= 11 is 0. The van der Waals surface area contributed by atoms with Gasteiger partial charge in [-0.2, -0.15) is 0 Å². The minimum absolute atomic E-state index is 0. The molecule has 2 aromatic rings. The molecule has 1 fully saturated rings. The topological polar surface area (TPSA) is 60.0 Å². The number of anilines is 1. The van der Waals surface area contributed by atoms with E-state index >= 15 is 0 Å². The molecule has 0 radical (unpaired) electrons. The van der Waals surface area contributed by atoms with Gasteiger partial charge < -0.3 is 20.4 Å². The fourth-order valence-corrected chi connectivity index (χ4v) is 3.53. The third kappa shape index (κ3) is 6.07. The zero-order valence-corrected chi connectivity index (χ0v) is 19.7. The molecule has 0 bridgehead atoms. The predicted molar refractivity (Wildman–Crippen MR) is 130 cm³/mol. The molecule has 1 saturated heterocycles. The van der Waals surface area contributed by atoms with Gasteiger partial charge in [-0.05, 0) is 36.2 Å². The molecule has 0 spiro atoms. The molecular formula is C22H29FIN5O. The first-order valence-corrected chi connectivity index (χ1v) is 9.88. The molecule has 162 valence electrons. The number of piperazine rings is 1. The van der Waals surface area contributed by atoms with Crippen molar-refractivity contribution in [2.75, 3.05) is 51.7 Å². The van der Waals surface area contributed by atoms with Gasteiger partial charge in [0, 0.05) is 52.4 Å². The Balaban J connectivity index is 0.00000320. The van der Waals surface area contributed by atoms with Crippen molar-refractivity contribution in [2.24, 2.45) is 4.99 Å². The molecule has 8 heteroatoms. The van der Waals surface area contributed by atoms with Gasteiger partial charge in [0.15, 0.2) is 5.96 Å². The monoisotopic (exact) mass is 525 g/mol. The van der Waals surface area contributed by atoms with Crippen LogP contribution in [0, 0.1) is 5.82 Å². The molecule has 1 heterocycles. The van der Waals surface area contributed by atoms with Crippen LogP contribution in [0.3, 0.4) is 0 Å². The molecule has 2 aromatic carbocycles. The number of hydrogen-bond donors (Lipinski definition) is 2. The minimum Gasteiger partial charge on any atom is -0.366 e. The molecule has 1 aliphatic heterocycles. The van der Waals surface area contributed by atoms with Gasteiger partial charge in [0.2, 0.25) is 0 Å². The summed E-state index contributed by atoms with van der Waals surface area (Å²) < 4.78 is 14.0. The Labute approximate surface area is 194 Å². The highest BCUT2D eigenvalue weighted by Crippen LogP contribution is 2.20. The summed E-state index contributed by atoms with van der Waals surface area (Å²) in [6.45, 7) is 3.77. The van der Waals surface area contributed by atoms with Crippen molar-refractivity contribution in [3.8, 4) is 0 Å². The van der Waals surface area contributed by atoms with Gasteiger partial charge in [0.1, 0.15) is 5.82 Å². The van der Waals surface area contributed by atoms with E-state index in [2.05, 4.69) is 25.4 Å². The summed E-state index contributed by atoms with van der Waals surface area (Å²) in [5.74, 6) is 0.589. The number of halogens is 2. The summed E-state index contributed by atoms with van der Waals surface area (Å²) in [5.41, 5.74) is 2.42. The van der Waals surface area contributed by atoms with E-state index < -0.39 is 0 Å². The molecule has 0 saturated carbocycles. The highest BCUT2D eigenvalue weighted by atomic mass is 127. The van der Waals surface area contributed by atoms with Gasteiger partial charge in [-0.3, -0.25) is 9.79 Å². The van der Waals surface area contributed by atoms with E-state index in [4.69, 9.17) is 0 Å². The van der Waals surface area contributed by atoms with Gasteiger partial charge in [-0.15, -0.1) is 24.0 Å². The third-order valence-electron chi connectivity index (χ3n) is 5.10. The average Bonchev–Trinajstić information content (AvgIpc) is 2.77. The summed E-state index contributed by atoms with van der Waals surface area (Å²) in [4.78, 5) is 20.4. The first kappa shape index (κ1) is 23.9. The van der Waals surface area contributed by atoms with E-state index in [1.165, 1.54) is 6.07 Å². The lowest BCUT2D eigenvalue weighted by Crippen LogP contribution is -2.53. The number of carbonyl (C=O) groups excluding carboxylic acids is 1. The van der Waals surface area contributed by atoms with Crippen molar-refractivity contribution in [2.45, 2.75) is 6.42 Å². The number of nitrogens with zero attached hydrogens (tertiary/aromatic N) is 3. The quantitative estimate of drug-likeness (QED) is 0.358. The molecule has 6 nitrogen and oxygen atoms in total. The van der Waals surface area contributed by atoms with Gasteiger partial charge in [-0.1, -0.05) is 24.3 Å². The first-order valence-electron chi connectivity index (χ1n) is 9.88. The van der Waals surface area contributed by atoms with Crippen LogP contribution in [0.25, 0.3) is 0 Å². The van der Waals surface area contributed by atoms with Gasteiger partial charge in [0.05, 0.1) is 5.69 Å². The molecule has 1 amide bonds. The maximum absolute atomic E-state index is 14.0. The van der Waals surface area contributed by atoms with Crippen molar-refractivity contribution >= 4 is 41.5 Å². The Morgan fingerprint density at radius 3 is 2.50 bits per heavy atom. The maximum atomic E-state index is 14.0. The van der Waals surface area contributed by atoms with Crippen LogP contribution in [0.5, 0.6) is 0 Å². The van der Waals surface area contributed by atoms with Crippen molar-refractivity contribution in [3.05, 3.63) is 65.5 Å². The van der Waals surface area contributed by atoms with Gasteiger partial charge in [-0.25, -0.2) is 4.39 Å². The molecular weight excluding hydrogens is 496 g/mol. The Morgan fingerprint density at radius 2 is 1.83 bits per heavy atom. The predicted octanol–water partition coefficient (Wildman–Crippen LogP) is 2.74. The van der Waals surface area contributed by atoms with Crippen molar-refractivity contribution in [1.29, 1.82) is 0 Å². The lowest BCUT2D eigenvalue weighted by atomic mass is 10.1. The van der Waals surface area contributed by atoms with Crippen molar-refractivity contribution in [1.82, 2.24) is 15.5 Å². The van der Waals surface area contributed by atoms with Crippen LogP contribution < -0.4 is 15.5 Å². The van der Waals surface area contributed by atoms with Crippen LogP contribution in [0.2, 0.25) is 0 Å². The average molecular weight is 525 g/mol. The zero-order valence-electron chi connectivity index (χ0n) is 17.4. The molecule has 0 aliphatic carbocycles. The summed E-state index contributed by atoms with van der Waals surface area (Å²) in [5, 5.41) is 6.05. The SMILES string of the molecule is CN=C(NCCc1cccc(C(=O)NC)c1)N1CCN(c2ccccc2F)CC1.I. The second-order valence-electron chi connectivity index (χ2n) is 6.93. The minimum atomic E-state index is -0.178. The lowest BCUT2D eigenvalue weighted by Gasteiger charge is -2.37. The third-order valence-corrected chi connectivity index (χ3v) is 5.10. The van der Waals surface area contributed by atoms with E-state index in [9.17, 15) is 9.18 Å². The Hall–Kier alpha value is -2.36. The number of guanidine groups is 1. The Kier molecular flexibility index (Phi) is 9.35. The van der Waals surface area contributed by atoms with Crippen molar-refractivity contribution in [3.63, 3.8) is 0 Å². The number of hydrogen-bond acceptors (Lipinski definition) is 3. The van der Waals surface area contributed by atoms with Gasteiger partial charge in [0.25, 0.3) is 5.91 Å². The van der Waals surface area contributed by atoms with E-state index in [1.807, 2.05) is 36.4 Å². The Morgan fingerprint density at radius 1 is 1.10 bits per heavy atom. The summed E-state index contributed by atoms with van der Waals surface area (Å²) in [6, 6.07) is 14.5. The lowest BCUT2D eigenvalue weighted by molar-refractivity contribution is 0.0963. The van der Waals surface area contributed by atoms with Crippen LogP contribution in [0.1, 0.15) is 15.9 Å². The number of nitrogens with one attached hydrogen (secondary N) is 2. The standard InChI is InChI=1S/C22H28FN5O.HI/c1-24-21(29)18-7-5-6-17(16-18)10-11-26-22(25-2)28-14-12-27(13-15-28)20-9-4-3-8-19(20)23;/h3-9,16H,10-15H2,1-2H3,(H,24,29)(H,25,26);1H. The molecule has 0 aromatic heterocycles. The number of amides is 1. The van der Waals surface area contributed by atoms with Crippen molar-refractivity contribution < 1.29 is 9.18 Å². The summed E-state index contributed by atoms with van der Waals surface area (Å²) in [6.07, 6.45) is 0.791. The number of aliphatic imine (C=N–C) groups is 1. The molecule has 2 N–H and O–H groups in total. The highest BCUT2D eigenvalue weighted by Gasteiger charge is 2.21. The molecule has 1 aliphatic rings. The number of benzene rings is 2. The number of para-hydroxylation sites is 1. The van der Waals surface area contributed by atoms with Crippen LogP contribution in [0.4, 0.5) is 10.1 Å². The molecule has 3 rings (SSSR count). The second kappa shape index (κ2) is 11.7.